The molecule has 0 aromatic heterocycles. The summed E-state index contributed by atoms with van der Waals surface area (Å²) in [4.78, 5) is 14.4. The Labute approximate surface area is 110 Å². The second kappa shape index (κ2) is 6.14. The number of aryl methyl sites for hydroxylation is 1. The smallest absolute Gasteiger partial charge is 0.176 e. The maximum atomic E-state index is 12.1. The predicted molar refractivity (Wildman–Crippen MR) is 75.0 cm³/mol. The molecule has 0 radical (unpaired) electrons. The molecule has 2 rings (SSSR count). The van der Waals surface area contributed by atoms with Crippen LogP contribution in [0.3, 0.4) is 0 Å². The summed E-state index contributed by atoms with van der Waals surface area (Å²) < 4.78 is 0. The van der Waals surface area contributed by atoms with Crippen LogP contribution < -0.4 is 0 Å². The molecule has 98 valence electrons. The number of likely N-dealkylation sites (tertiary alicyclic amines) is 1. The van der Waals surface area contributed by atoms with E-state index >= 15 is 0 Å². The van der Waals surface area contributed by atoms with E-state index in [1.165, 1.54) is 24.8 Å². The molecule has 1 aliphatic heterocycles. The topological polar surface area (TPSA) is 20.3 Å². The highest BCUT2D eigenvalue weighted by atomic mass is 16.1. The van der Waals surface area contributed by atoms with E-state index in [1.54, 1.807) is 0 Å². The first-order valence-electron chi connectivity index (χ1n) is 7.01. The highest BCUT2D eigenvalue weighted by Crippen LogP contribution is 2.20. The fourth-order valence-electron chi connectivity index (χ4n) is 2.73. The van der Waals surface area contributed by atoms with Crippen molar-refractivity contribution in [2.45, 2.75) is 33.1 Å². The van der Waals surface area contributed by atoms with E-state index in [9.17, 15) is 4.79 Å². The highest BCUT2D eigenvalue weighted by Gasteiger charge is 2.23. The Morgan fingerprint density at radius 1 is 1.33 bits per heavy atom. The Bertz CT molecular complexity index is 396. The molecule has 0 aliphatic carbocycles. The molecule has 0 saturated carbocycles. The van der Waals surface area contributed by atoms with E-state index in [0.29, 0.717) is 6.54 Å². The number of hydrogen-bond acceptors (Lipinski definition) is 2. The maximum Gasteiger partial charge on any atom is 0.176 e. The van der Waals surface area contributed by atoms with Crippen LogP contribution in [0.25, 0.3) is 0 Å². The molecule has 2 heteroatoms. The van der Waals surface area contributed by atoms with Gasteiger partial charge >= 0.3 is 0 Å². The van der Waals surface area contributed by atoms with Crippen molar-refractivity contribution in [1.82, 2.24) is 4.90 Å². The molecular formula is C16H23NO. The van der Waals surface area contributed by atoms with Gasteiger partial charge in [-0.15, -0.1) is 0 Å². The van der Waals surface area contributed by atoms with Gasteiger partial charge in [-0.1, -0.05) is 43.2 Å². The zero-order valence-electron chi connectivity index (χ0n) is 11.5. The molecule has 1 heterocycles. The van der Waals surface area contributed by atoms with Crippen molar-refractivity contribution < 1.29 is 4.79 Å². The third-order valence-corrected chi connectivity index (χ3v) is 3.81. The highest BCUT2D eigenvalue weighted by molar-refractivity contribution is 5.97. The van der Waals surface area contributed by atoms with E-state index in [1.807, 2.05) is 31.2 Å². The molecule has 1 aromatic carbocycles. The van der Waals surface area contributed by atoms with Crippen LogP contribution in [0.15, 0.2) is 24.3 Å². The molecule has 1 atom stereocenters. The zero-order valence-corrected chi connectivity index (χ0v) is 11.5. The fraction of sp³-hybridized carbons (Fsp3) is 0.562. The van der Waals surface area contributed by atoms with Gasteiger partial charge in [0.1, 0.15) is 0 Å². The lowest BCUT2D eigenvalue weighted by Gasteiger charge is -2.15. The summed E-state index contributed by atoms with van der Waals surface area (Å²) in [5.74, 6) is 1.06. The first-order chi connectivity index (χ1) is 8.69. The van der Waals surface area contributed by atoms with E-state index < -0.39 is 0 Å². The third kappa shape index (κ3) is 3.42. The number of nitrogens with zero attached hydrogens (tertiary/aromatic N) is 1. The summed E-state index contributed by atoms with van der Waals surface area (Å²) in [6, 6.07) is 7.91. The summed E-state index contributed by atoms with van der Waals surface area (Å²) >= 11 is 0. The van der Waals surface area contributed by atoms with Gasteiger partial charge in [0.25, 0.3) is 0 Å². The summed E-state index contributed by atoms with van der Waals surface area (Å²) in [7, 11) is 0. The minimum Gasteiger partial charge on any atom is -0.296 e. The molecule has 1 aliphatic rings. The first kappa shape index (κ1) is 13.3. The van der Waals surface area contributed by atoms with E-state index in [2.05, 4.69) is 11.8 Å². The monoisotopic (exact) mass is 245 g/mol. The van der Waals surface area contributed by atoms with Gasteiger partial charge in [-0.05, 0) is 32.2 Å². The summed E-state index contributed by atoms with van der Waals surface area (Å²) in [5.41, 5.74) is 2.05. The zero-order chi connectivity index (χ0) is 13.0. The van der Waals surface area contributed by atoms with Crippen molar-refractivity contribution in [3.8, 4) is 0 Å². The van der Waals surface area contributed by atoms with Crippen molar-refractivity contribution >= 4 is 5.78 Å². The second-order valence-electron chi connectivity index (χ2n) is 5.47. The van der Waals surface area contributed by atoms with Crippen LogP contribution in [-0.2, 0) is 0 Å². The molecule has 0 amide bonds. The second-order valence-corrected chi connectivity index (χ2v) is 5.47. The lowest BCUT2D eigenvalue weighted by molar-refractivity contribution is 0.0943. The van der Waals surface area contributed by atoms with Gasteiger partial charge in [0.15, 0.2) is 5.78 Å². The van der Waals surface area contributed by atoms with Crippen LogP contribution in [0.5, 0.6) is 0 Å². The molecule has 0 spiro atoms. The number of Topliss-reactive ketones (excluding diaryl/α,β-unsaturated/α-hetero) is 1. The molecule has 18 heavy (non-hydrogen) atoms. The molecule has 0 N–H and O–H groups in total. The molecule has 1 unspecified atom stereocenters. The Kier molecular flexibility index (Phi) is 4.54. The predicted octanol–water partition coefficient (Wildman–Crippen LogP) is 3.30. The number of rotatable bonds is 5. The average Bonchev–Trinajstić information content (AvgIpc) is 2.78. The molecule has 1 fully saturated rings. The van der Waals surface area contributed by atoms with Gasteiger partial charge in [0, 0.05) is 12.1 Å². The van der Waals surface area contributed by atoms with Crippen LogP contribution in [-0.4, -0.2) is 30.3 Å². The summed E-state index contributed by atoms with van der Waals surface area (Å²) in [5, 5.41) is 0. The van der Waals surface area contributed by atoms with Crippen molar-refractivity contribution in [3.63, 3.8) is 0 Å². The number of carbonyl (C=O) groups is 1. The van der Waals surface area contributed by atoms with Gasteiger partial charge in [-0.25, -0.2) is 0 Å². The number of hydrogen-bond donors (Lipinski definition) is 0. The van der Waals surface area contributed by atoms with Crippen LogP contribution in [0.1, 0.15) is 42.1 Å². The van der Waals surface area contributed by atoms with Crippen molar-refractivity contribution in [2.75, 3.05) is 19.6 Å². The van der Waals surface area contributed by atoms with Crippen molar-refractivity contribution in [1.29, 1.82) is 0 Å². The Morgan fingerprint density at radius 3 is 2.72 bits per heavy atom. The molecular weight excluding hydrogens is 222 g/mol. The summed E-state index contributed by atoms with van der Waals surface area (Å²) in [6.07, 6.45) is 3.81. The van der Waals surface area contributed by atoms with E-state index in [0.717, 1.165) is 24.6 Å². The molecule has 0 bridgehead atoms. The summed E-state index contributed by atoms with van der Waals surface area (Å²) in [6.45, 7) is 7.06. The minimum atomic E-state index is 0.257. The van der Waals surface area contributed by atoms with Crippen LogP contribution >= 0.6 is 0 Å². The third-order valence-electron chi connectivity index (χ3n) is 3.81. The van der Waals surface area contributed by atoms with Crippen LogP contribution in [0.2, 0.25) is 0 Å². The Balaban J connectivity index is 1.87. The van der Waals surface area contributed by atoms with Crippen molar-refractivity contribution in [2.24, 2.45) is 5.92 Å². The van der Waals surface area contributed by atoms with Gasteiger partial charge in [0.05, 0.1) is 6.54 Å². The Hall–Kier alpha value is -1.15. The molecule has 1 aromatic rings. The SMILES string of the molecule is CCCC1CCN(CC(=O)c2ccc(C)cc2)C1. The first-order valence-corrected chi connectivity index (χ1v) is 7.01. The quantitative estimate of drug-likeness (QED) is 0.742. The van der Waals surface area contributed by atoms with Crippen LogP contribution in [0, 0.1) is 12.8 Å². The number of carbonyl (C=O) groups excluding carboxylic acids is 1. The molecule has 2 nitrogen and oxygen atoms in total. The lowest BCUT2D eigenvalue weighted by atomic mass is 10.0. The minimum absolute atomic E-state index is 0.257. The maximum absolute atomic E-state index is 12.1. The average molecular weight is 245 g/mol. The van der Waals surface area contributed by atoms with Gasteiger partial charge in [0.2, 0.25) is 0 Å². The standard InChI is InChI=1S/C16H23NO/c1-3-4-14-9-10-17(11-14)12-16(18)15-7-5-13(2)6-8-15/h5-8,14H,3-4,9-12H2,1-2H3. The normalized spacial score (nSPS) is 20.2. The van der Waals surface area contributed by atoms with Crippen molar-refractivity contribution in [3.05, 3.63) is 35.4 Å². The van der Waals surface area contributed by atoms with Gasteiger partial charge in [-0.3, -0.25) is 9.69 Å². The number of benzene rings is 1. The number of ketones is 1. The Morgan fingerprint density at radius 2 is 2.06 bits per heavy atom. The fourth-order valence-corrected chi connectivity index (χ4v) is 2.73. The van der Waals surface area contributed by atoms with Gasteiger partial charge < -0.3 is 0 Å². The largest absolute Gasteiger partial charge is 0.296 e. The van der Waals surface area contributed by atoms with E-state index in [4.69, 9.17) is 0 Å². The lowest BCUT2D eigenvalue weighted by Crippen LogP contribution is -2.27. The van der Waals surface area contributed by atoms with Gasteiger partial charge in [-0.2, -0.15) is 0 Å². The van der Waals surface area contributed by atoms with Crippen LogP contribution in [0.4, 0.5) is 0 Å². The van der Waals surface area contributed by atoms with E-state index in [-0.39, 0.29) is 5.78 Å². The molecule has 1 saturated heterocycles.